The van der Waals surface area contributed by atoms with E-state index < -0.39 is 0 Å². The summed E-state index contributed by atoms with van der Waals surface area (Å²) in [5.74, 6) is 1.77. The number of amides is 2. The van der Waals surface area contributed by atoms with Crippen molar-refractivity contribution in [3.8, 4) is 0 Å². The number of Topliss-reactive ketones (excluding diaryl/α,β-unsaturated/α-hetero) is 1. The third kappa shape index (κ3) is 5.39. The summed E-state index contributed by atoms with van der Waals surface area (Å²) in [7, 11) is 0. The second-order valence-electron chi connectivity index (χ2n) is 8.87. The lowest BCUT2D eigenvalue weighted by Crippen LogP contribution is -2.37. The van der Waals surface area contributed by atoms with Gasteiger partial charge < -0.3 is 0 Å². The topological polar surface area (TPSA) is 54.5 Å². The zero-order chi connectivity index (χ0) is 18.6. The van der Waals surface area contributed by atoms with Gasteiger partial charge in [0.2, 0.25) is 11.8 Å². The lowest BCUT2D eigenvalue weighted by atomic mass is 9.79. The summed E-state index contributed by atoms with van der Waals surface area (Å²) in [4.78, 5) is 38.4. The molecule has 1 heterocycles. The molecule has 1 aliphatic heterocycles. The standard InChI is InChI=1S/C21H35NO3/c1-14(2)6-5-7-19(23)17-10-8-16(9-11-17)13-22-20(24)12-18(15(3)4)21(22)25/h14-18H,5-13H2,1-4H3. The van der Waals surface area contributed by atoms with Crippen LogP contribution in [0.15, 0.2) is 0 Å². The van der Waals surface area contributed by atoms with Gasteiger partial charge in [0.15, 0.2) is 0 Å². The molecule has 1 saturated heterocycles. The van der Waals surface area contributed by atoms with E-state index in [9.17, 15) is 14.4 Å². The molecular weight excluding hydrogens is 314 g/mol. The van der Waals surface area contributed by atoms with Gasteiger partial charge in [-0.15, -0.1) is 0 Å². The minimum atomic E-state index is -0.133. The molecule has 0 aromatic carbocycles. The maximum absolute atomic E-state index is 12.4. The first-order valence-corrected chi connectivity index (χ1v) is 10.2. The predicted octanol–water partition coefficient (Wildman–Crippen LogP) is 4.22. The summed E-state index contributed by atoms with van der Waals surface area (Å²) in [5, 5.41) is 0. The van der Waals surface area contributed by atoms with E-state index in [1.165, 1.54) is 4.90 Å². The highest BCUT2D eigenvalue weighted by atomic mass is 16.2. The van der Waals surface area contributed by atoms with Crippen LogP contribution in [0, 0.1) is 29.6 Å². The Bertz CT molecular complexity index is 489. The van der Waals surface area contributed by atoms with Gasteiger partial charge in [-0.25, -0.2) is 0 Å². The van der Waals surface area contributed by atoms with Gasteiger partial charge in [0.25, 0.3) is 0 Å². The van der Waals surface area contributed by atoms with Gasteiger partial charge in [-0.05, 0) is 49.9 Å². The van der Waals surface area contributed by atoms with Gasteiger partial charge in [-0.1, -0.05) is 34.1 Å². The first-order valence-electron chi connectivity index (χ1n) is 10.2. The Morgan fingerprint density at radius 2 is 1.72 bits per heavy atom. The summed E-state index contributed by atoms with van der Waals surface area (Å²) < 4.78 is 0. The number of hydrogen-bond donors (Lipinski definition) is 0. The van der Waals surface area contributed by atoms with Crippen LogP contribution >= 0.6 is 0 Å². The molecule has 0 aromatic heterocycles. The molecule has 2 rings (SSSR count). The van der Waals surface area contributed by atoms with E-state index in [-0.39, 0.29) is 29.6 Å². The van der Waals surface area contributed by atoms with Gasteiger partial charge in [0.1, 0.15) is 5.78 Å². The Labute approximate surface area is 152 Å². The van der Waals surface area contributed by atoms with Crippen molar-refractivity contribution in [3.05, 3.63) is 0 Å². The molecule has 2 fully saturated rings. The van der Waals surface area contributed by atoms with Crippen molar-refractivity contribution < 1.29 is 14.4 Å². The number of carbonyl (C=O) groups excluding carboxylic acids is 3. The van der Waals surface area contributed by atoms with Crippen LogP contribution in [0.4, 0.5) is 0 Å². The maximum Gasteiger partial charge on any atom is 0.233 e. The van der Waals surface area contributed by atoms with Crippen molar-refractivity contribution in [1.29, 1.82) is 0 Å². The zero-order valence-electron chi connectivity index (χ0n) is 16.4. The predicted molar refractivity (Wildman–Crippen MR) is 98.8 cm³/mol. The third-order valence-corrected chi connectivity index (χ3v) is 6.03. The monoisotopic (exact) mass is 349 g/mol. The molecule has 2 aliphatic rings. The van der Waals surface area contributed by atoms with Gasteiger partial charge in [0.05, 0.1) is 0 Å². The van der Waals surface area contributed by atoms with Crippen molar-refractivity contribution in [2.24, 2.45) is 29.6 Å². The van der Waals surface area contributed by atoms with E-state index in [2.05, 4.69) is 13.8 Å². The highest BCUT2D eigenvalue weighted by Crippen LogP contribution is 2.33. The maximum atomic E-state index is 12.4. The lowest BCUT2D eigenvalue weighted by Gasteiger charge is -2.30. The summed E-state index contributed by atoms with van der Waals surface area (Å²) in [6.45, 7) is 8.97. The molecule has 2 amide bonds. The summed E-state index contributed by atoms with van der Waals surface area (Å²) >= 11 is 0. The number of likely N-dealkylation sites (tertiary alicyclic amines) is 1. The molecule has 1 unspecified atom stereocenters. The molecule has 0 spiro atoms. The largest absolute Gasteiger partial charge is 0.299 e. The van der Waals surface area contributed by atoms with Crippen molar-refractivity contribution in [3.63, 3.8) is 0 Å². The fourth-order valence-electron chi connectivity index (χ4n) is 4.24. The molecule has 0 aromatic rings. The first-order chi connectivity index (χ1) is 11.8. The fraction of sp³-hybridized carbons (Fsp3) is 0.857. The van der Waals surface area contributed by atoms with Crippen LogP contribution in [0.3, 0.4) is 0 Å². The fourth-order valence-corrected chi connectivity index (χ4v) is 4.24. The lowest BCUT2D eigenvalue weighted by molar-refractivity contribution is -0.141. The third-order valence-electron chi connectivity index (χ3n) is 6.03. The van der Waals surface area contributed by atoms with Crippen LogP contribution < -0.4 is 0 Å². The molecule has 4 nitrogen and oxygen atoms in total. The van der Waals surface area contributed by atoms with Gasteiger partial charge in [0, 0.05) is 31.2 Å². The number of hydrogen-bond acceptors (Lipinski definition) is 3. The quantitative estimate of drug-likeness (QED) is 0.617. The second-order valence-corrected chi connectivity index (χ2v) is 8.87. The second kappa shape index (κ2) is 8.95. The van der Waals surface area contributed by atoms with Crippen molar-refractivity contribution in [2.45, 2.75) is 79.1 Å². The number of nitrogens with zero attached hydrogens (tertiary/aromatic N) is 1. The molecule has 25 heavy (non-hydrogen) atoms. The highest BCUT2D eigenvalue weighted by Gasteiger charge is 2.41. The number of rotatable bonds is 8. The molecule has 0 N–H and O–H groups in total. The first kappa shape index (κ1) is 20.1. The summed E-state index contributed by atoms with van der Waals surface area (Å²) in [6, 6.07) is 0. The Hall–Kier alpha value is -1.19. The number of carbonyl (C=O) groups is 3. The SMILES string of the molecule is CC(C)CCCC(=O)C1CCC(CN2C(=O)CC(C(C)C)C2=O)CC1. The van der Waals surface area contributed by atoms with E-state index in [4.69, 9.17) is 0 Å². The number of ketones is 1. The molecule has 0 radical (unpaired) electrons. The van der Waals surface area contributed by atoms with Crippen LogP contribution in [0.25, 0.3) is 0 Å². The van der Waals surface area contributed by atoms with Crippen LogP contribution in [0.5, 0.6) is 0 Å². The molecule has 1 saturated carbocycles. The van der Waals surface area contributed by atoms with Gasteiger partial charge in [-0.2, -0.15) is 0 Å². The van der Waals surface area contributed by atoms with Crippen molar-refractivity contribution in [1.82, 2.24) is 4.90 Å². The molecule has 1 atom stereocenters. The molecule has 0 bridgehead atoms. The van der Waals surface area contributed by atoms with E-state index in [1.807, 2.05) is 13.8 Å². The Morgan fingerprint density at radius 3 is 2.24 bits per heavy atom. The van der Waals surface area contributed by atoms with Crippen LogP contribution in [0.2, 0.25) is 0 Å². The normalized spacial score (nSPS) is 27.6. The van der Waals surface area contributed by atoms with E-state index in [1.54, 1.807) is 0 Å². The van der Waals surface area contributed by atoms with E-state index in [0.717, 1.165) is 38.5 Å². The van der Waals surface area contributed by atoms with Crippen molar-refractivity contribution >= 4 is 17.6 Å². The molecular formula is C21H35NO3. The summed E-state index contributed by atoms with van der Waals surface area (Å²) in [5.41, 5.74) is 0. The molecule has 4 heteroatoms. The van der Waals surface area contributed by atoms with E-state index >= 15 is 0 Å². The van der Waals surface area contributed by atoms with Crippen LogP contribution in [0.1, 0.15) is 79.1 Å². The average molecular weight is 350 g/mol. The smallest absolute Gasteiger partial charge is 0.233 e. The minimum absolute atomic E-state index is 0.00409. The van der Waals surface area contributed by atoms with Crippen molar-refractivity contribution in [2.75, 3.05) is 6.54 Å². The minimum Gasteiger partial charge on any atom is -0.299 e. The Balaban J connectivity index is 1.76. The Morgan fingerprint density at radius 1 is 1.08 bits per heavy atom. The summed E-state index contributed by atoms with van der Waals surface area (Å²) in [6.07, 6.45) is 6.99. The highest BCUT2D eigenvalue weighted by molar-refractivity contribution is 6.03. The van der Waals surface area contributed by atoms with Gasteiger partial charge in [-0.3, -0.25) is 19.3 Å². The zero-order valence-corrected chi connectivity index (χ0v) is 16.4. The van der Waals surface area contributed by atoms with E-state index in [0.29, 0.717) is 37.0 Å². The molecule has 142 valence electrons. The van der Waals surface area contributed by atoms with Crippen LogP contribution in [-0.2, 0) is 14.4 Å². The Kier molecular flexibility index (Phi) is 7.21. The van der Waals surface area contributed by atoms with Crippen LogP contribution in [-0.4, -0.2) is 29.0 Å². The number of imide groups is 1. The average Bonchev–Trinajstić information content (AvgIpc) is 2.83. The molecule has 1 aliphatic carbocycles. The van der Waals surface area contributed by atoms with Gasteiger partial charge >= 0.3 is 0 Å².